The Bertz CT molecular complexity index is 713. The summed E-state index contributed by atoms with van der Waals surface area (Å²) in [6, 6.07) is 8.26. The van der Waals surface area contributed by atoms with Crippen molar-refractivity contribution >= 4 is 24.4 Å². The minimum Gasteiger partial charge on any atom is -0.379 e. The van der Waals surface area contributed by atoms with Gasteiger partial charge >= 0.3 is 0 Å². The Labute approximate surface area is 135 Å². The first-order valence-electron chi connectivity index (χ1n) is 7.43. The van der Waals surface area contributed by atoms with Gasteiger partial charge in [-0.25, -0.2) is 4.68 Å². The van der Waals surface area contributed by atoms with Crippen LogP contribution >= 0.6 is 12.2 Å². The van der Waals surface area contributed by atoms with Crippen molar-refractivity contribution in [3.63, 3.8) is 0 Å². The number of aryl methyl sites for hydroxylation is 1. The molecule has 1 aliphatic heterocycles. The molecule has 1 saturated heterocycles. The van der Waals surface area contributed by atoms with Gasteiger partial charge < -0.3 is 4.74 Å². The van der Waals surface area contributed by atoms with Crippen molar-refractivity contribution in [2.75, 3.05) is 26.3 Å². The van der Waals surface area contributed by atoms with Crippen molar-refractivity contribution in [3.05, 3.63) is 46.0 Å². The molecule has 5 nitrogen and oxygen atoms in total. The normalized spacial score (nSPS) is 16.4. The first-order valence-corrected chi connectivity index (χ1v) is 7.84. The molecule has 0 aliphatic carbocycles. The fourth-order valence-electron chi connectivity index (χ4n) is 2.43. The summed E-state index contributed by atoms with van der Waals surface area (Å²) >= 11 is 5.33. The van der Waals surface area contributed by atoms with Crippen LogP contribution in [0.5, 0.6) is 0 Å². The fraction of sp³-hybridized carbons (Fsp3) is 0.375. The van der Waals surface area contributed by atoms with Crippen LogP contribution in [0.1, 0.15) is 17.0 Å². The lowest BCUT2D eigenvalue weighted by molar-refractivity contribution is 0.0210. The molecule has 1 aromatic heterocycles. The minimum atomic E-state index is 0.580. The summed E-state index contributed by atoms with van der Waals surface area (Å²) < 4.78 is 7.84. The van der Waals surface area contributed by atoms with Gasteiger partial charge in [0.1, 0.15) is 5.82 Å². The monoisotopic (exact) mass is 316 g/mol. The van der Waals surface area contributed by atoms with E-state index < -0.39 is 0 Å². The van der Waals surface area contributed by atoms with E-state index in [1.54, 1.807) is 0 Å². The van der Waals surface area contributed by atoms with Gasteiger partial charge in [0.05, 0.1) is 19.9 Å². The molecule has 1 aromatic carbocycles. The number of rotatable bonds is 4. The van der Waals surface area contributed by atoms with Crippen LogP contribution in [0.3, 0.4) is 0 Å². The highest BCUT2D eigenvalue weighted by atomic mass is 32.1. The van der Waals surface area contributed by atoms with Gasteiger partial charge in [-0.15, -0.1) is 0 Å². The molecule has 0 bridgehead atoms. The largest absolute Gasteiger partial charge is 0.379 e. The van der Waals surface area contributed by atoms with E-state index >= 15 is 0 Å². The number of ether oxygens (including phenoxy) is 1. The van der Waals surface area contributed by atoms with Crippen molar-refractivity contribution in [2.24, 2.45) is 0 Å². The molecule has 2 aromatic rings. The molecule has 116 valence electrons. The third-order valence-electron chi connectivity index (χ3n) is 3.75. The van der Waals surface area contributed by atoms with E-state index in [2.05, 4.69) is 40.1 Å². The molecule has 6 heteroatoms. The summed E-state index contributed by atoms with van der Waals surface area (Å²) in [5.74, 6) is 0.779. The van der Waals surface area contributed by atoms with Crippen LogP contribution < -0.4 is 0 Å². The molecule has 3 rings (SSSR count). The predicted molar refractivity (Wildman–Crippen MR) is 89.9 cm³/mol. The highest BCUT2D eigenvalue weighted by Gasteiger charge is 2.11. The summed E-state index contributed by atoms with van der Waals surface area (Å²) in [4.78, 5) is 6.70. The van der Waals surface area contributed by atoms with Crippen LogP contribution in [-0.4, -0.2) is 46.0 Å². The molecule has 1 aliphatic rings. The number of nitrogens with one attached hydrogen (secondary N) is 1. The van der Waals surface area contributed by atoms with Crippen molar-refractivity contribution in [1.82, 2.24) is 19.7 Å². The predicted octanol–water partition coefficient (Wildman–Crippen LogP) is 2.71. The Morgan fingerprint density at radius 2 is 2.05 bits per heavy atom. The lowest BCUT2D eigenvalue weighted by Crippen LogP contribution is -2.37. The van der Waals surface area contributed by atoms with E-state index in [4.69, 9.17) is 17.0 Å². The summed E-state index contributed by atoms with van der Waals surface area (Å²) in [5, 5.41) is 3.25. The quantitative estimate of drug-likeness (QED) is 0.881. The van der Waals surface area contributed by atoms with E-state index in [1.165, 1.54) is 11.1 Å². The second kappa shape index (κ2) is 7.00. The number of nitrogens with zero attached hydrogens (tertiary/aromatic N) is 3. The molecule has 22 heavy (non-hydrogen) atoms. The Kier molecular flexibility index (Phi) is 4.82. The molecule has 0 amide bonds. The maximum Gasteiger partial charge on any atom is 0.217 e. The first kappa shape index (κ1) is 15.1. The number of aromatic nitrogens is 3. The lowest BCUT2D eigenvalue weighted by Gasteiger charge is -2.26. The molecule has 0 spiro atoms. The summed E-state index contributed by atoms with van der Waals surface area (Å²) in [5.41, 5.74) is 2.43. The van der Waals surface area contributed by atoms with Crippen LogP contribution in [0.2, 0.25) is 0 Å². The topological polar surface area (TPSA) is 46.1 Å². The molecule has 1 fully saturated rings. The second-order valence-electron chi connectivity index (χ2n) is 5.38. The summed E-state index contributed by atoms with van der Waals surface area (Å²) in [7, 11) is 0. The second-order valence-corrected chi connectivity index (χ2v) is 5.75. The van der Waals surface area contributed by atoms with Gasteiger partial charge in [-0.05, 0) is 36.3 Å². The number of morpholine rings is 1. The molecule has 2 heterocycles. The maximum atomic E-state index is 5.36. The van der Waals surface area contributed by atoms with Crippen molar-refractivity contribution in [3.8, 4) is 0 Å². The van der Waals surface area contributed by atoms with Crippen molar-refractivity contribution in [1.29, 1.82) is 0 Å². The van der Waals surface area contributed by atoms with E-state index in [9.17, 15) is 0 Å². The van der Waals surface area contributed by atoms with Crippen LogP contribution in [0, 0.1) is 11.7 Å². The van der Waals surface area contributed by atoms with Gasteiger partial charge in [-0.3, -0.25) is 10.00 Å². The summed E-state index contributed by atoms with van der Waals surface area (Å²) in [6.45, 7) is 6.24. The standard InChI is InChI=1S/C16H20N4OS/c1-13-4-2-3-5-14(13)6-7-15-17-16(22)20(18-15)12-19-8-10-21-11-9-19/h2-7H,8-12H2,1H3,(H,17,18,22)/b7-6+. The number of hydrogen-bond donors (Lipinski definition) is 1. The molecular weight excluding hydrogens is 296 g/mol. The Balaban J connectivity index is 1.72. The lowest BCUT2D eigenvalue weighted by atomic mass is 10.1. The van der Waals surface area contributed by atoms with Crippen LogP contribution in [0.25, 0.3) is 12.2 Å². The molecular formula is C16H20N4OS. The molecule has 0 atom stereocenters. The van der Waals surface area contributed by atoms with Gasteiger partial charge in [0.2, 0.25) is 4.77 Å². The zero-order chi connectivity index (χ0) is 15.4. The fourth-order valence-corrected chi connectivity index (χ4v) is 2.63. The van der Waals surface area contributed by atoms with Gasteiger partial charge in [0, 0.05) is 13.1 Å². The molecule has 0 saturated carbocycles. The number of aromatic amines is 1. The van der Waals surface area contributed by atoms with Gasteiger partial charge in [-0.1, -0.05) is 30.3 Å². The Morgan fingerprint density at radius 3 is 2.82 bits per heavy atom. The van der Waals surface area contributed by atoms with Gasteiger partial charge in [0.15, 0.2) is 0 Å². The zero-order valence-corrected chi connectivity index (χ0v) is 13.5. The average molecular weight is 316 g/mol. The third kappa shape index (κ3) is 3.71. The van der Waals surface area contributed by atoms with Crippen molar-refractivity contribution < 1.29 is 4.74 Å². The molecule has 0 unspecified atom stereocenters. The zero-order valence-electron chi connectivity index (χ0n) is 12.7. The van der Waals surface area contributed by atoms with Crippen LogP contribution in [0.4, 0.5) is 0 Å². The smallest absolute Gasteiger partial charge is 0.217 e. The third-order valence-corrected chi connectivity index (χ3v) is 4.06. The van der Waals surface area contributed by atoms with E-state index in [0.717, 1.165) is 38.8 Å². The molecule has 1 N–H and O–H groups in total. The SMILES string of the molecule is Cc1ccccc1/C=C/c1nc(=S)n(CN2CCOCC2)[nH]1. The summed E-state index contributed by atoms with van der Waals surface area (Å²) in [6.07, 6.45) is 4.02. The first-order chi connectivity index (χ1) is 10.7. The van der Waals surface area contributed by atoms with E-state index in [-0.39, 0.29) is 0 Å². The minimum absolute atomic E-state index is 0.580. The van der Waals surface area contributed by atoms with Gasteiger partial charge in [-0.2, -0.15) is 4.98 Å². The number of H-pyrrole nitrogens is 1. The van der Waals surface area contributed by atoms with Gasteiger partial charge in [0.25, 0.3) is 0 Å². The Hall–Kier alpha value is -1.76. The van der Waals surface area contributed by atoms with Crippen LogP contribution in [-0.2, 0) is 11.4 Å². The Morgan fingerprint density at radius 1 is 1.27 bits per heavy atom. The highest BCUT2D eigenvalue weighted by Crippen LogP contribution is 2.11. The van der Waals surface area contributed by atoms with Crippen LogP contribution in [0.15, 0.2) is 24.3 Å². The molecule has 0 radical (unpaired) electrons. The van der Waals surface area contributed by atoms with E-state index in [1.807, 2.05) is 22.9 Å². The van der Waals surface area contributed by atoms with Crippen molar-refractivity contribution in [2.45, 2.75) is 13.6 Å². The average Bonchev–Trinajstić information content (AvgIpc) is 2.88. The number of benzene rings is 1. The highest BCUT2D eigenvalue weighted by molar-refractivity contribution is 7.71. The maximum absolute atomic E-state index is 5.36. The van der Waals surface area contributed by atoms with E-state index in [0.29, 0.717) is 4.77 Å². The number of hydrogen-bond acceptors (Lipinski definition) is 4.